The van der Waals surface area contributed by atoms with Gasteiger partial charge in [-0.2, -0.15) is 0 Å². The van der Waals surface area contributed by atoms with Gasteiger partial charge in [-0.05, 0) is 12.8 Å². The largest absolute Gasteiger partial charge is 0.348 e. The molecule has 0 aromatic carbocycles. The van der Waals surface area contributed by atoms with Crippen molar-refractivity contribution in [1.29, 1.82) is 0 Å². The number of hydrogen-bond acceptors (Lipinski definition) is 2. The number of aromatic nitrogens is 2. The molecular weight excluding hydrogens is 182 g/mol. The van der Waals surface area contributed by atoms with Gasteiger partial charge >= 0.3 is 0 Å². The molecule has 1 amide bonds. The lowest BCUT2D eigenvalue weighted by Crippen LogP contribution is -2.32. The predicted octanol–water partition coefficient (Wildman–Crippen LogP) is 0.375. The number of H-pyrrole nitrogens is 2. The molecule has 1 aromatic rings. The minimum absolute atomic E-state index is 0.199. The molecule has 0 atom stereocenters. The summed E-state index contributed by atoms with van der Waals surface area (Å²) in [7, 11) is 0. The van der Waals surface area contributed by atoms with Crippen LogP contribution in [0.3, 0.4) is 0 Å². The van der Waals surface area contributed by atoms with Crippen molar-refractivity contribution in [3.05, 3.63) is 22.1 Å². The molecule has 1 heterocycles. The molecule has 1 aromatic heterocycles. The smallest absolute Gasteiger partial charge is 0.269 e. The molecule has 1 fully saturated rings. The molecule has 0 spiro atoms. The highest BCUT2D eigenvalue weighted by Gasteiger charge is 2.18. The third-order valence-corrected chi connectivity index (χ3v) is 2.53. The molecule has 0 aliphatic heterocycles. The summed E-state index contributed by atoms with van der Waals surface area (Å²) in [4.78, 5) is 22.3. The maximum atomic E-state index is 11.5. The Morgan fingerprint density at radius 2 is 2.07 bits per heavy atom. The van der Waals surface area contributed by atoms with Crippen LogP contribution in [0.2, 0.25) is 0 Å². The van der Waals surface area contributed by atoms with E-state index in [1.807, 2.05) is 0 Å². The van der Waals surface area contributed by atoms with E-state index in [2.05, 4.69) is 15.5 Å². The second-order valence-electron chi connectivity index (χ2n) is 3.63. The monoisotopic (exact) mass is 195 g/mol. The van der Waals surface area contributed by atoms with Gasteiger partial charge in [0.05, 0.1) is 0 Å². The lowest BCUT2D eigenvalue weighted by Gasteiger charge is -2.09. The third kappa shape index (κ3) is 1.86. The van der Waals surface area contributed by atoms with E-state index >= 15 is 0 Å². The molecule has 0 radical (unpaired) electrons. The number of rotatable bonds is 2. The van der Waals surface area contributed by atoms with Gasteiger partial charge in [-0.15, -0.1) is 0 Å². The number of carbonyl (C=O) groups excluding carboxylic acids is 1. The Morgan fingerprint density at radius 3 is 2.64 bits per heavy atom. The normalized spacial score (nSPS) is 17.1. The molecule has 1 saturated carbocycles. The van der Waals surface area contributed by atoms with Crippen molar-refractivity contribution in [2.24, 2.45) is 0 Å². The molecule has 1 aliphatic rings. The Morgan fingerprint density at radius 1 is 1.36 bits per heavy atom. The van der Waals surface area contributed by atoms with E-state index in [9.17, 15) is 9.59 Å². The zero-order valence-corrected chi connectivity index (χ0v) is 7.80. The topological polar surface area (TPSA) is 77.8 Å². The first-order valence-corrected chi connectivity index (χ1v) is 4.84. The Balaban J connectivity index is 1.98. The standard InChI is InChI=1S/C9H13N3O2/c13-8-5-7(11-12-8)9(14)10-6-3-1-2-4-6/h5-6H,1-4H2,(H,10,14)(H2,11,12,13). The van der Waals surface area contributed by atoms with Gasteiger partial charge in [0.2, 0.25) is 0 Å². The summed E-state index contributed by atoms with van der Waals surface area (Å²) in [6, 6.07) is 1.55. The maximum absolute atomic E-state index is 11.5. The van der Waals surface area contributed by atoms with E-state index in [0.717, 1.165) is 12.8 Å². The SMILES string of the molecule is O=C(NC1CCCC1)c1cc(=O)[nH][nH]1. The van der Waals surface area contributed by atoms with Crippen LogP contribution in [-0.2, 0) is 0 Å². The van der Waals surface area contributed by atoms with E-state index in [1.54, 1.807) is 0 Å². The summed E-state index contributed by atoms with van der Waals surface area (Å²) in [6.07, 6.45) is 4.43. The average molecular weight is 195 g/mol. The average Bonchev–Trinajstić information content (AvgIpc) is 2.75. The van der Waals surface area contributed by atoms with Crippen molar-refractivity contribution < 1.29 is 4.79 Å². The second kappa shape index (κ2) is 3.69. The van der Waals surface area contributed by atoms with Crippen LogP contribution in [0.25, 0.3) is 0 Å². The molecule has 2 rings (SSSR count). The quantitative estimate of drug-likeness (QED) is 0.637. The Kier molecular flexibility index (Phi) is 2.39. The Labute approximate surface area is 80.9 Å². The Hall–Kier alpha value is -1.52. The lowest BCUT2D eigenvalue weighted by molar-refractivity contribution is 0.0933. The van der Waals surface area contributed by atoms with E-state index in [0.29, 0.717) is 5.69 Å². The lowest BCUT2D eigenvalue weighted by atomic mass is 10.2. The van der Waals surface area contributed by atoms with Crippen molar-refractivity contribution in [2.75, 3.05) is 0 Å². The van der Waals surface area contributed by atoms with E-state index < -0.39 is 0 Å². The predicted molar refractivity (Wildman–Crippen MR) is 51.1 cm³/mol. The first-order chi connectivity index (χ1) is 6.75. The zero-order valence-electron chi connectivity index (χ0n) is 7.80. The van der Waals surface area contributed by atoms with Crippen LogP contribution in [-0.4, -0.2) is 22.1 Å². The number of hydrogen-bond donors (Lipinski definition) is 3. The fourth-order valence-corrected chi connectivity index (χ4v) is 1.79. The highest BCUT2D eigenvalue weighted by Crippen LogP contribution is 2.17. The highest BCUT2D eigenvalue weighted by atomic mass is 16.2. The maximum Gasteiger partial charge on any atom is 0.269 e. The number of aromatic amines is 2. The molecule has 3 N–H and O–H groups in total. The van der Waals surface area contributed by atoms with Crippen molar-refractivity contribution in [2.45, 2.75) is 31.7 Å². The molecule has 1 aliphatic carbocycles. The van der Waals surface area contributed by atoms with Gasteiger partial charge in [-0.3, -0.25) is 19.8 Å². The minimum Gasteiger partial charge on any atom is -0.348 e. The van der Waals surface area contributed by atoms with Gasteiger partial charge < -0.3 is 5.32 Å². The van der Waals surface area contributed by atoms with Crippen LogP contribution in [0.4, 0.5) is 0 Å². The van der Waals surface area contributed by atoms with Gasteiger partial charge in [0.15, 0.2) is 0 Å². The van der Waals surface area contributed by atoms with Crippen molar-refractivity contribution in [3.63, 3.8) is 0 Å². The van der Waals surface area contributed by atoms with Crippen LogP contribution in [0.5, 0.6) is 0 Å². The van der Waals surface area contributed by atoms with Crippen LogP contribution in [0.15, 0.2) is 10.9 Å². The molecule has 76 valence electrons. The van der Waals surface area contributed by atoms with Crippen molar-refractivity contribution in [3.8, 4) is 0 Å². The first kappa shape index (κ1) is 9.05. The van der Waals surface area contributed by atoms with Crippen LogP contribution in [0, 0.1) is 0 Å². The third-order valence-electron chi connectivity index (χ3n) is 2.53. The van der Waals surface area contributed by atoms with Crippen LogP contribution in [0.1, 0.15) is 36.2 Å². The fourth-order valence-electron chi connectivity index (χ4n) is 1.79. The zero-order chi connectivity index (χ0) is 9.97. The van der Waals surface area contributed by atoms with Crippen LogP contribution < -0.4 is 10.9 Å². The summed E-state index contributed by atoms with van der Waals surface area (Å²) in [5.74, 6) is -0.199. The molecular formula is C9H13N3O2. The summed E-state index contributed by atoms with van der Waals surface area (Å²) in [6.45, 7) is 0. The first-order valence-electron chi connectivity index (χ1n) is 4.84. The Bertz CT molecular complexity index is 373. The molecule has 5 heteroatoms. The number of amides is 1. The number of nitrogens with one attached hydrogen (secondary N) is 3. The molecule has 0 saturated heterocycles. The number of carbonyl (C=O) groups is 1. The van der Waals surface area contributed by atoms with Gasteiger partial charge in [0.1, 0.15) is 5.69 Å². The molecule has 0 unspecified atom stereocenters. The minimum atomic E-state index is -0.276. The summed E-state index contributed by atoms with van der Waals surface area (Å²) in [5, 5.41) is 7.74. The van der Waals surface area contributed by atoms with Crippen molar-refractivity contribution >= 4 is 5.91 Å². The molecule has 0 bridgehead atoms. The van der Waals surface area contributed by atoms with Gasteiger partial charge in [-0.25, -0.2) is 0 Å². The van der Waals surface area contributed by atoms with Gasteiger partial charge in [0, 0.05) is 12.1 Å². The highest BCUT2D eigenvalue weighted by molar-refractivity contribution is 5.92. The van der Waals surface area contributed by atoms with E-state index in [1.165, 1.54) is 18.9 Å². The summed E-state index contributed by atoms with van der Waals surface area (Å²) < 4.78 is 0. The summed E-state index contributed by atoms with van der Waals surface area (Å²) >= 11 is 0. The van der Waals surface area contributed by atoms with Crippen LogP contribution >= 0.6 is 0 Å². The summed E-state index contributed by atoms with van der Waals surface area (Å²) in [5.41, 5.74) is 0.0310. The van der Waals surface area contributed by atoms with Gasteiger partial charge in [0.25, 0.3) is 11.5 Å². The molecule has 14 heavy (non-hydrogen) atoms. The van der Waals surface area contributed by atoms with Crippen molar-refractivity contribution in [1.82, 2.24) is 15.5 Å². The second-order valence-corrected chi connectivity index (χ2v) is 3.63. The van der Waals surface area contributed by atoms with E-state index in [-0.39, 0.29) is 17.5 Å². The van der Waals surface area contributed by atoms with E-state index in [4.69, 9.17) is 0 Å². The molecule has 5 nitrogen and oxygen atoms in total. The van der Waals surface area contributed by atoms with Gasteiger partial charge in [-0.1, -0.05) is 12.8 Å². The fraction of sp³-hybridized carbons (Fsp3) is 0.556.